The van der Waals surface area contributed by atoms with Crippen LogP contribution in [0.4, 0.5) is 0 Å². The fourth-order valence-corrected chi connectivity index (χ4v) is 3.11. The Labute approximate surface area is 133 Å². The van der Waals surface area contributed by atoms with Crippen LogP contribution >= 0.6 is 11.6 Å². The Bertz CT molecular complexity index is 893. The van der Waals surface area contributed by atoms with E-state index >= 15 is 0 Å². The largest absolute Gasteiger partial charge is 0.315 e. The molecular weight excluding hydrogens is 294 g/mol. The fourth-order valence-electron chi connectivity index (χ4n) is 2.88. The molecule has 0 spiro atoms. The lowest BCUT2D eigenvalue weighted by Gasteiger charge is -2.11. The van der Waals surface area contributed by atoms with E-state index in [9.17, 15) is 0 Å². The highest BCUT2D eigenvalue weighted by molar-refractivity contribution is 6.31. The van der Waals surface area contributed by atoms with Gasteiger partial charge in [-0.05, 0) is 43.3 Å². The number of fused-ring (bicyclic) bond motifs is 3. The Kier molecular flexibility index (Phi) is 3.09. The molecule has 4 rings (SSSR count). The zero-order chi connectivity index (χ0) is 15.1. The van der Waals surface area contributed by atoms with Gasteiger partial charge in [-0.1, -0.05) is 17.7 Å². The summed E-state index contributed by atoms with van der Waals surface area (Å²) in [4.78, 5) is 9.11. The van der Waals surface area contributed by atoms with Crippen molar-refractivity contribution in [3.63, 3.8) is 0 Å². The number of hydrogen-bond donors (Lipinski definition) is 0. The average molecular weight is 308 g/mol. The lowest BCUT2D eigenvalue weighted by molar-refractivity contribution is 1.02. The molecule has 0 aliphatic carbocycles. The quantitative estimate of drug-likeness (QED) is 0.663. The van der Waals surface area contributed by atoms with E-state index in [1.165, 1.54) is 0 Å². The summed E-state index contributed by atoms with van der Waals surface area (Å²) in [5.74, 6) is 0. The summed E-state index contributed by atoms with van der Waals surface area (Å²) in [6.45, 7) is 2.57. The van der Waals surface area contributed by atoms with E-state index in [2.05, 4.69) is 33.9 Å². The number of rotatable bonds is 1. The normalized spacial score (nSPS) is 13.1. The molecule has 0 N–H and O–H groups in total. The minimum Gasteiger partial charge on any atom is -0.315 e. The summed E-state index contributed by atoms with van der Waals surface area (Å²) >= 11 is 6.37. The highest BCUT2D eigenvalue weighted by Gasteiger charge is 2.19. The lowest BCUT2D eigenvalue weighted by atomic mass is 10.1. The van der Waals surface area contributed by atoms with E-state index in [1.807, 2.05) is 37.4 Å². The highest BCUT2D eigenvalue weighted by Crippen LogP contribution is 2.29. The predicted molar refractivity (Wildman–Crippen MR) is 89.1 cm³/mol. The minimum atomic E-state index is 0.577. The molecule has 0 fully saturated rings. The molecule has 3 heterocycles. The van der Waals surface area contributed by atoms with Crippen LogP contribution in [0.2, 0.25) is 5.02 Å². The van der Waals surface area contributed by atoms with Crippen LogP contribution in [0.3, 0.4) is 0 Å². The molecule has 22 heavy (non-hydrogen) atoms. The Morgan fingerprint density at radius 2 is 2.05 bits per heavy atom. The second kappa shape index (κ2) is 5.11. The Balaban J connectivity index is 1.96. The number of hydrogen-bond acceptors (Lipinski definition) is 2. The molecular formula is C18H14ClN3. The van der Waals surface area contributed by atoms with Crippen LogP contribution in [0, 0.1) is 6.92 Å². The Hall–Kier alpha value is -2.39. The van der Waals surface area contributed by atoms with Crippen molar-refractivity contribution in [2.75, 3.05) is 0 Å². The molecule has 0 radical (unpaired) electrons. The number of aliphatic imine (C=N–C) groups is 1. The molecule has 1 aliphatic rings. The van der Waals surface area contributed by atoms with Crippen molar-refractivity contribution in [3.8, 4) is 5.69 Å². The van der Waals surface area contributed by atoms with Gasteiger partial charge in [0.1, 0.15) is 0 Å². The minimum absolute atomic E-state index is 0.577. The van der Waals surface area contributed by atoms with Crippen molar-refractivity contribution in [1.82, 2.24) is 9.55 Å². The van der Waals surface area contributed by atoms with Gasteiger partial charge in [0.25, 0.3) is 0 Å². The summed E-state index contributed by atoms with van der Waals surface area (Å²) in [7, 11) is 0. The summed E-state index contributed by atoms with van der Waals surface area (Å²) < 4.78 is 2.16. The van der Waals surface area contributed by atoms with Crippen LogP contribution in [0.1, 0.15) is 22.5 Å². The molecule has 2 aromatic heterocycles. The van der Waals surface area contributed by atoms with Crippen LogP contribution in [-0.2, 0) is 6.54 Å². The van der Waals surface area contributed by atoms with Gasteiger partial charge in [0.05, 0.1) is 23.6 Å². The Morgan fingerprint density at radius 3 is 2.91 bits per heavy atom. The van der Waals surface area contributed by atoms with E-state index in [0.717, 1.165) is 38.9 Å². The SMILES string of the molecule is Cc1cc(C2=NCc3c(Cl)cccc3-n3cccc32)ccn1. The number of halogens is 1. The van der Waals surface area contributed by atoms with Gasteiger partial charge in [-0.25, -0.2) is 0 Å². The summed E-state index contributed by atoms with van der Waals surface area (Å²) in [6, 6.07) is 14.2. The van der Waals surface area contributed by atoms with E-state index in [0.29, 0.717) is 6.54 Å². The third-order valence-corrected chi connectivity index (χ3v) is 4.26. The number of aromatic nitrogens is 2. The Morgan fingerprint density at radius 1 is 1.14 bits per heavy atom. The molecule has 1 aliphatic heterocycles. The summed E-state index contributed by atoms with van der Waals surface area (Å²) in [5.41, 5.74) is 6.27. The smallest absolute Gasteiger partial charge is 0.0892 e. The molecule has 0 bridgehead atoms. The van der Waals surface area contributed by atoms with Crippen molar-refractivity contribution in [2.24, 2.45) is 4.99 Å². The van der Waals surface area contributed by atoms with Crippen LogP contribution in [0.5, 0.6) is 0 Å². The van der Waals surface area contributed by atoms with Gasteiger partial charge < -0.3 is 4.57 Å². The van der Waals surface area contributed by atoms with Gasteiger partial charge in [0, 0.05) is 34.2 Å². The van der Waals surface area contributed by atoms with E-state index in [1.54, 1.807) is 0 Å². The first-order valence-corrected chi connectivity index (χ1v) is 7.55. The molecule has 0 amide bonds. The standard InChI is InChI=1S/C18H14ClN3/c1-12-10-13(7-8-20-12)18-17-6-3-9-22(17)16-5-2-4-15(19)14(16)11-21-18/h2-10H,11H2,1H3. The van der Waals surface area contributed by atoms with Crippen molar-refractivity contribution in [3.05, 3.63) is 82.4 Å². The first-order chi connectivity index (χ1) is 10.7. The fraction of sp³-hybridized carbons (Fsp3) is 0.111. The van der Waals surface area contributed by atoms with Crippen molar-refractivity contribution in [2.45, 2.75) is 13.5 Å². The second-order valence-electron chi connectivity index (χ2n) is 5.35. The van der Waals surface area contributed by atoms with Gasteiger partial charge in [-0.15, -0.1) is 0 Å². The van der Waals surface area contributed by atoms with E-state index < -0.39 is 0 Å². The average Bonchev–Trinajstić information content (AvgIpc) is 2.92. The van der Waals surface area contributed by atoms with Gasteiger partial charge in [0.15, 0.2) is 0 Å². The first kappa shape index (κ1) is 13.3. The topological polar surface area (TPSA) is 30.2 Å². The van der Waals surface area contributed by atoms with E-state index in [4.69, 9.17) is 16.6 Å². The zero-order valence-corrected chi connectivity index (χ0v) is 12.9. The van der Waals surface area contributed by atoms with E-state index in [-0.39, 0.29) is 0 Å². The third kappa shape index (κ3) is 2.06. The molecule has 0 unspecified atom stereocenters. The molecule has 0 saturated carbocycles. The maximum Gasteiger partial charge on any atom is 0.0892 e. The number of nitrogens with zero attached hydrogens (tertiary/aromatic N) is 3. The van der Waals surface area contributed by atoms with Gasteiger partial charge >= 0.3 is 0 Å². The van der Waals surface area contributed by atoms with Crippen molar-refractivity contribution < 1.29 is 0 Å². The first-order valence-electron chi connectivity index (χ1n) is 7.17. The predicted octanol–water partition coefficient (Wildman–Crippen LogP) is 4.19. The zero-order valence-electron chi connectivity index (χ0n) is 12.1. The summed E-state index contributed by atoms with van der Waals surface area (Å²) in [5, 5.41) is 0.757. The monoisotopic (exact) mass is 307 g/mol. The third-order valence-electron chi connectivity index (χ3n) is 3.91. The van der Waals surface area contributed by atoms with Crippen molar-refractivity contribution in [1.29, 1.82) is 0 Å². The lowest BCUT2D eigenvalue weighted by Crippen LogP contribution is -2.08. The van der Waals surface area contributed by atoms with Gasteiger partial charge in [-0.2, -0.15) is 0 Å². The molecule has 3 aromatic rings. The molecule has 1 aromatic carbocycles. The number of pyridine rings is 1. The van der Waals surface area contributed by atoms with Gasteiger partial charge in [0.2, 0.25) is 0 Å². The molecule has 0 atom stereocenters. The highest BCUT2D eigenvalue weighted by atomic mass is 35.5. The number of aryl methyl sites for hydroxylation is 1. The summed E-state index contributed by atoms with van der Waals surface area (Å²) in [6.07, 6.45) is 3.88. The van der Waals surface area contributed by atoms with Crippen molar-refractivity contribution >= 4 is 17.3 Å². The molecule has 4 heteroatoms. The van der Waals surface area contributed by atoms with Crippen LogP contribution in [-0.4, -0.2) is 15.3 Å². The molecule has 3 nitrogen and oxygen atoms in total. The second-order valence-corrected chi connectivity index (χ2v) is 5.76. The molecule has 108 valence electrons. The van der Waals surface area contributed by atoms with Crippen LogP contribution in [0.15, 0.2) is 59.9 Å². The maximum atomic E-state index is 6.37. The van der Waals surface area contributed by atoms with Crippen LogP contribution < -0.4 is 0 Å². The van der Waals surface area contributed by atoms with Crippen LogP contribution in [0.25, 0.3) is 5.69 Å². The van der Waals surface area contributed by atoms with Gasteiger partial charge in [-0.3, -0.25) is 9.98 Å². The number of benzene rings is 1. The maximum absolute atomic E-state index is 6.37. The molecule has 0 saturated heterocycles.